The van der Waals surface area contributed by atoms with Crippen LogP contribution in [0.3, 0.4) is 0 Å². The molecule has 1 atom stereocenters. The number of thiophene rings is 1. The summed E-state index contributed by atoms with van der Waals surface area (Å²) >= 11 is 1.83. The van der Waals surface area contributed by atoms with Crippen molar-refractivity contribution in [1.82, 2.24) is 5.32 Å². The van der Waals surface area contributed by atoms with Gasteiger partial charge in [-0.1, -0.05) is 0 Å². The minimum absolute atomic E-state index is 0.339. The second kappa shape index (κ2) is 6.77. The van der Waals surface area contributed by atoms with Crippen molar-refractivity contribution < 1.29 is 9.47 Å². The topological polar surface area (TPSA) is 30.5 Å². The van der Waals surface area contributed by atoms with E-state index < -0.39 is 0 Å². The van der Waals surface area contributed by atoms with Gasteiger partial charge in [0.25, 0.3) is 0 Å². The average Bonchev–Trinajstić information content (AvgIpc) is 2.91. The number of hydrogen-bond donors (Lipinski definition) is 1. The van der Waals surface area contributed by atoms with E-state index in [0.29, 0.717) is 6.04 Å². The van der Waals surface area contributed by atoms with Crippen LogP contribution in [0.5, 0.6) is 11.5 Å². The molecule has 0 amide bonds. The van der Waals surface area contributed by atoms with E-state index in [1.807, 2.05) is 29.5 Å². The van der Waals surface area contributed by atoms with Crippen LogP contribution in [0.2, 0.25) is 0 Å². The highest BCUT2D eigenvalue weighted by Crippen LogP contribution is 2.25. The molecule has 2 aromatic rings. The Morgan fingerprint density at radius 3 is 2.25 bits per heavy atom. The number of hydrogen-bond acceptors (Lipinski definition) is 4. The Bertz CT molecular complexity index is 543. The maximum atomic E-state index is 5.29. The molecule has 1 N–H and O–H groups in total. The van der Waals surface area contributed by atoms with Crippen LogP contribution in [0.4, 0.5) is 0 Å². The molecule has 0 spiro atoms. The van der Waals surface area contributed by atoms with Crippen LogP contribution in [-0.2, 0) is 6.54 Å². The van der Waals surface area contributed by atoms with Crippen LogP contribution in [0, 0.1) is 6.92 Å². The van der Waals surface area contributed by atoms with E-state index in [2.05, 4.69) is 31.3 Å². The summed E-state index contributed by atoms with van der Waals surface area (Å²) in [5.74, 6) is 1.64. The Morgan fingerprint density at radius 2 is 1.75 bits per heavy atom. The van der Waals surface area contributed by atoms with Crippen LogP contribution in [0.25, 0.3) is 0 Å². The summed E-state index contributed by atoms with van der Waals surface area (Å²) in [6.45, 7) is 5.10. The van der Waals surface area contributed by atoms with Gasteiger partial charge in [-0.25, -0.2) is 0 Å². The largest absolute Gasteiger partial charge is 0.497 e. The highest BCUT2D eigenvalue weighted by molar-refractivity contribution is 7.12. The number of rotatable bonds is 6. The standard InChI is InChI=1S/C16H21NO2S/c1-11-5-6-16(20-11)12(2)17-10-13-7-14(18-3)9-15(8-13)19-4/h5-9,12,17H,10H2,1-4H3. The lowest BCUT2D eigenvalue weighted by atomic mass is 10.2. The molecule has 1 heterocycles. The summed E-state index contributed by atoms with van der Waals surface area (Å²) in [5.41, 5.74) is 1.15. The molecule has 4 heteroatoms. The molecule has 0 radical (unpaired) electrons. The highest BCUT2D eigenvalue weighted by Gasteiger charge is 2.08. The first-order chi connectivity index (χ1) is 9.62. The monoisotopic (exact) mass is 291 g/mol. The van der Waals surface area contributed by atoms with Crippen molar-refractivity contribution in [1.29, 1.82) is 0 Å². The van der Waals surface area contributed by atoms with E-state index in [1.165, 1.54) is 9.75 Å². The van der Waals surface area contributed by atoms with Gasteiger partial charge < -0.3 is 14.8 Å². The van der Waals surface area contributed by atoms with Crippen molar-refractivity contribution in [2.45, 2.75) is 26.4 Å². The first kappa shape index (κ1) is 14.9. The van der Waals surface area contributed by atoms with E-state index in [1.54, 1.807) is 14.2 Å². The lowest BCUT2D eigenvalue weighted by Crippen LogP contribution is -2.17. The fraction of sp³-hybridized carbons (Fsp3) is 0.375. The molecule has 0 fully saturated rings. The van der Waals surface area contributed by atoms with Gasteiger partial charge in [-0.05, 0) is 43.7 Å². The Balaban J connectivity index is 2.03. The van der Waals surface area contributed by atoms with Crippen molar-refractivity contribution in [2.75, 3.05) is 14.2 Å². The lowest BCUT2D eigenvalue weighted by Gasteiger charge is -2.13. The quantitative estimate of drug-likeness (QED) is 0.875. The van der Waals surface area contributed by atoms with Crippen molar-refractivity contribution in [3.05, 3.63) is 45.6 Å². The molecule has 1 aromatic heterocycles. The Morgan fingerprint density at radius 1 is 1.10 bits per heavy atom. The third-order valence-electron chi connectivity index (χ3n) is 3.21. The van der Waals surface area contributed by atoms with E-state index in [0.717, 1.165) is 23.6 Å². The lowest BCUT2D eigenvalue weighted by molar-refractivity contribution is 0.393. The summed E-state index contributed by atoms with van der Waals surface area (Å²) in [7, 11) is 3.34. The van der Waals surface area contributed by atoms with Gasteiger partial charge in [0, 0.05) is 28.4 Å². The molecule has 0 aliphatic heterocycles. The molecule has 0 saturated heterocycles. The maximum absolute atomic E-state index is 5.29. The first-order valence-corrected chi connectivity index (χ1v) is 7.45. The van der Waals surface area contributed by atoms with Crippen LogP contribution < -0.4 is 14.8 Å². The fourth-order valence-electron chi connectivity index (χ4n) is 2.03. The molecular formula is C16H21NO2S. The number of methoxy groups -OCH3 is 2. The third-order valence-corrected chi connectivity index (χ3v) is 4.39. The number of benzene rings is 1. The van der Waals surface area contributed by atoms with Crippen LogP contribution in [0.15, 0.2) is 30.3 Å². The van der Waals surface area contributed by atoms with Gasteiger partial charge in [-0.3, -0.25) is 0 Å². The van der Waals surface area contributed by atoms with Gasteiger partial charge in [0.15, 0.2) is 0 Å². The van der Waals surface area contributed by atoms with E-state index in [9.17, 15) is 0 Å². The molecule has 108 valence electrons. The SMILES string of the molecule is COc1cc(CNC(C)c2ccc(C)s2)cc(OC)c1. The highest BCUT2D eigenvalue weighted by atomic mass is 32.1. The molecule has 2 rings (SSSR count). The van der Waals surface area contributed by atoms with Gasteiger partial charge in [0.05, 0.1) is 14.2 Å². The predicted octanol–water partition coefficient (Wildman–Crippen LogP) is 3.92. The zero-order valence-electron chi connectivity index (χ0n) is 12.4. The summed E-state index contributed by atoms with van der Waals surface area (Å²) in [4.78, 5) is 2.70. The Kier molecular flexibility index (Phi) is 5.04. The summed E-state index contributed by atoms with van der Waals surface area (Å²) < 4.78 is 10.6. The predicted molar refractivity (Wildman–Crippen MR) is 83.9 cm³/mol. The minimum atomic E-state index is 0.339. The molecule has 20 heavy (non-hydrogen) atoms. The molecule has 0 bridgehead atoms. The smallest absolute Gasteiger partial charge is 0.122 e. The van der Waals surface area contributed by atoms with E-state index in [-0.39, 0.29) is 0 Å². The van der Waals surface area contributed by atoms with Crippen molar-refractivity contribution in [3.8, 4) is 11.5 Å². The molecule has 1 aromatic carbocycles. The molecule has 1 unspecified atom stereocenters. The van der Waals surface area contributed by atoms with Gasteiger partial charge in [-0.2, -0.15) is 0 Å². The zero-order valence-corrected chi connectivity index (χ0v) is 13.2. The number of aryl methyl sites for hydroxylation is 1. The maximum Gasteiger partial charge on any atom is 0.122 e. The second-order valence-electron chi connectivity index (χ2n) is 4.77. The molecule has 0 aliphatic rings. The van der Waals surface area contributed by atoms with Crippen molar-refractivity contribution in [3.63, 3.8) is 0 Å². The average molecular weight is 291 g/mol. The van der Waals surface area contributed by atoms with Crippen LogP contribution in [0.1, 0.15) is 28.3 Å². The van der Waals surface area contributed by atoms with Crippen molar-refractivity contribution >= 4 is 11.3 Å². The number of ether oxygens (including phenoxy) is 2. The third kappa shape index (κ3) is 3.74. The van der Waals surface area contributed by atoms with Crippen molar-refractivity contribution in [2.24, 2.45) is 0 Å². The van der Waals surface area contributed by atoms with E-state index in [4.69, 9.17) is 9.47 Å². The summed E-state index contributed by atoms with van der Waals surface area (Å²) in [6.07, 6.45) is 0. The van der Waals surface area contributed by atoms with Crippen LogP contribution >= 0.6 is 11.3 Å². The summed E-state index contributed by atoms with van der Waals surface area (Å²) in [5, 5.41) is 3.53. The molecule has 3 nitrogen and oxygen atoms in total. The van der Waals surface area contributed by atoms with Gasteiger partial charge >= 0.3 is 0 Å². The first-order valence-electron chi connectivity index (χ1n) is 6.64. The van der Waals surface area contributed by atoms with E-state index >= 15 is 0 Å². The minimum Gasteiger partial charge on any atom is -0.497 e. The zero-order chi connectivity index (χ0) is 14.5. The normalized spacial score (nSPS) is 12.2. The van der Waals surface area contributed by atoms with Crippen LogP contribution in [-0.4, -0.2) is 14.2 Å². The van der Waals surface area contributed by atoms with Gasteiger partial charge in [-0.15, -0.1) is 11.3 Å². The Labute approximate surface area is 124 Å². The molecule has 0 saturated carbocycles. The fourth-order valence-corrected chi connectivity index (χ4v) is 2.93. The molecular weight excluding hydrogens is 270 g/mol. The molecule has 0 aliphatic carbocycles. The summed E-state index contributed by atoms with van der Waals surface area (Å²) in [6, 6.07) is 10.6. The van der Waals surface area contributed by atoms with Gasteiger partial charge in [0.2, 0.25) is 0 Å². The second-order valence-corrected chi connectivity index (χ2v) is 6.09. The van der Waals surface area contributed by atoms with Gasteiger partial charge in [0.1, 0.15) is 11.5 Å². The number of nitrogens with one attached hydrogen (secondary N) is 1. The Hall–Kier alpha value is -1.52.